The minimum Gasteiger partial charge on any atom is -0.482 e. The molecule has 0 atom stereocenters. The van der Waals surface area contributed by atoms with Crippen molar-refractivity contribution in [3.63, 3.8) is 0 Å². The summed E-state index contributed by atoms with van der Waals surface area (Å²) in [5.74, 6) is 0.0750. The van der Waals surface area contributed by atoms with Crippen molar-refractivity contribution in [2.75, 3.05) is 13.2 Å². The second-order valence-electron chi connectivity index (χ2n) is 4.52. The molecule has 0 spiro atoms. The molecule has 0 unspecified atom stereocenters. The van der Waals surface area contributed by atoms with E-state index in [4.69, 9.17) is 27.9 Å². The van der Waals surface area contributed by atoms with Crippen LogP contribution in [0.2, 0.25) is 10.0 Å². The van der Waals surface area contributed by atoms with Gasteiger partial charge in [-0.2, -0.15) is 0 Å². The molecule has 0 saturated carbocycles. The minimum atomic E-state index is -0.558. The summed E-state index contributed by atoms with van der Waals surface area (Å²) in [6, 6.07) is 4.10. The zero-order chi connectivity index (χ0) is 15.1. The third-order valence-electron chi connectivity index (χ3n) is 2.18. The van der Waals surface area contributed by atoms with Crippen LogP contribution in [-0.2, 0) is 4.79 Å². The molecule has 0 aliphatic heterocycles. The fourth-order valence-electron chi connectivity index (χ4n) is 1.24. The zero-order valence-electron chi connectivity index (χ0n) is 11.2. The molecule has 3 amide bonds. The Labute approximate surface area is 127 Å². The van der Waals surface area contributed by atoms with Crippen molar-refractivity contribution in [2.45, 2.75) is 13.8 Å². The molecule has 20 heavy (non-hydrogen) atoms. The molecule has 110 valence electrons. The number of amides is 3. The summed E-state index contributed by atoms with van der Waals surface area (Å²) in [6.07, 6.45) is 0. The number of ether oxygens (including phenoxy) is 1. The molecule has 0 radical (unpaired) electrons. The summed E-state index contributed by atoms with van der Waals surface area (Å²) in [4.78, 5) is 22.8. The maximum Gasteiger partial charge on any atom is 0.321 e. The average Bonchev–Trinajstić information content (AvgIpc) is 2.35. The SMILES string of the molecule is CC(C)CNC(=O)NC(=O)COc1ccc(Cl)cc1Cl. The standard InChI is InChI=1S/C13H16Cl2N2O3/c1-8(2)6-16-13(19)17-12(18)7-20-11-4-3-9(14)5-10(11)15/h3-5,8H,6-7H2,1-2H3,(H2,16,17,18,19). The van der Waals surface area contributed by atoms with Gasteiger partial charge in [-0.3, -0.25) is 10.1 Å². The van der Waals surface area contributed by atoms with Crippen LogP contribution in [0.25, 0.3) is 0 Å². The molecule has 0 fully saturated rings. The van der Waals surface area contributed by atoms with E-state index in [1.807, 2.05) is 13.8 Å². The Morgan fingerprint density at radius 2 is 2.00 bits per heavy atom. The smallest absolute Gasteiger partial charge is 0.321 e. The first-order valence-corrected chi connectivity index (χ1v) is 6.79. The molecule has 2 N–H and O–H groups in total. The first-order chi connectivity index (χ1) is 9.38. The molecule has 1 aromatic rings. The number of imide groups is 1. The molecule has 0 saturated heterocycles. The van der Waals surface area contributed by atoms with Gasteiger partial charge in [0.1, 0.15) is 5.75 Å². The van der Waals surface area contributed by atoms with Crippen molar-refractivity contribution >= 4 is 35.1 Å². The van der Waals surface area contributed by atoms with Gasteiger partial charge in [0.15, 0.2) is 6.61 Å². The summed E-state index contributed by atoms with van der Waals surface area (Å²) < 4.78 is 5.20. The van der Waals surface area contributed by atoms with Crippen molar-refractivity contribution in [1.82, 2.24) is 10.6 Å². The van der Waals surface area contributed by atoms with E-state index in [1.54, 1.807) is 12.1 Å². The van der Waals surface area contributed by atoms with Gasteiger partial charge in [-0.25, -0.2) is 4.79 Å². The van der Waals surface area contributed by atoms with Crippen LogP contribution in [0, 0.1) is 5.92 Å². The quantitative estimate of drug-likeness (QED) is 0.877. The van der Waals surface area contributed by atoms with E-state index >= 15 is 0 Å². The number of rotatable bonds is 5. The van der Waals surface area contributed by atoms with Gasteiger partial charge in [0, 0.05) is 11.6 Å². The van der Waals surface area contributed by atoms with E-state index < -0.39 is 11.9 Å². The molecule has 5 nitrogen and oxygen atoms in total. The highest BCUT2D eigenvalue weighted by Gasteiger charge is 2.10. The lowest BCUT2D eigenvalue weighted by Crippen LogP contribution is -2.42. The molecule has 0 aromatic heterocycles. The summed E-state index contributed by atoms with van der Waals surface area (Å²) in [5, 5.41) is 5.49. The van der Waals surface area contributed by atoms with Crippen molar-refractivity contribution in [3.8, 4) is 5.75 Å². The molecule has 0 heterocycles. The molecule has 0 bridgehead atoms. The van der Waals surface area contributed by atoms with Gasteiger partial charge in [-0.15, -0.1) is 0 Å². The second kappa shape index (κ2) is 7.97. The van der Waals surface area contributed by atoms with Crippen LogP contribution in [0.3, 0.4) is 0 Å². The Kier molecular flexibility index (Phi) is 6.61. The molecular formula is C13H16Cl2N2O3. The predicted octanol–water partition coefficient (Wildman–Crippen LogP) is 2.85. The molecular weight excluding hydrogens is 303 g/mol. The lowest BCUT2D eigenvalue weighted by molar-refractivity contribution is -0.122. The summed E-state index contributed by atoms with van der Waals surface area (Å²) in [7, 11) is 0. The Morgan fingerprint density at radius 3 is 2.60 bits per heavy atom. The van der Waals surface area contributed by atoms with Crippen molar-refractivity contribution in [3.05, 3.63) is 28.2 Å². The topological polar surface area (TPSA) is 67.4 Å². The lowest BCUT2D eigenvalue weighted by Gasteiger charge is -2.10. The van der Waals surface area contributed by atoms with E-state index in [9.17, 15) is 9.59 Å². The summed E-state index contributed by atoms with van der Waals surface area (Å²) in [6.45, 7) is 4.08. The highest BCUT2D eigenvalue weighted by Crippen LogP contribution is 2.27. The highest BCUT2D eigenvalue weighted by atomic mass is 35.5. The van der Waals surface area contributed by atoms with Crippen LogP contribution in [0.1, 0.15) is 13.8 Å². The first-order valence-electron chi connectivity index (χ1n) is 6.04. The first kappa shape index (κ1) is 16.6. The second-order valence-corrected chi connectivity index (χ2v) is 5.36. The van der Waals surface area contributed by atoms with Crippen LogP contribution in [0.15, 0.2) is 18.2 Å². The Hall–Kier alpha value is -1.46. The van der Waals surface area contributed by atoms with E-state index in [0.29, 0.717) is 28.3 Å². The number of carbonyl (C=O) groups is 2. The van der Waals surface area contributed by atoms with Crippen molar-refractivity contribution in [1.29, 1.82) is 0 Å². The van der Waals surface area contributed by atoms with Crippen molar-refractivity contribution in [2.24, 2.45) is 5.92 Å². The van der Waals surface area contributed by atoms with E-state index in [0.717, 1.165) is 0 Å². The van der Waals surface area contributed by atoms with Crippen LogP contribution >= 0.6 is 23.2 Å². The number of hydrogen-bond acceptors (Lipinski definition) is 3. The molecule has 0 aliphatic carbocycles. The van der Waals surface area contributed by atoms with Gasteiger partial charge in [-0.05, 0) is 24.1 Å². The maximum atomic E-state index is 11.5. The van der Waals surface area contributed by atoms with Crippen molar-refractivity contribution < 1.29 is 14.3 Å². The molecule has 0 aliphatic rings. The van der Waals surface area contributed by atoms with E-state index in [-0.39, 0.29) is 6.61 Å². The largest absolute Gasteiger partial charge is 0.482 e. The third-order valence-corrected chi connectivity index (χ3v) is 2.71. The monoisotopic (exact) mass is 318 g/mol. The van der Waals surface area contributed by atoms with Gasteiger partial charge in [0.2, 0.25) is 0 Å². The summed E-state index contributed by atoms with van der Waals surface area (Å²) >= 11 is 11.6. The maximum absolute atomic E-state index is 11.5. The summed E-state index contributed by atoms with van der Waals surface area (Å²) in [5.41, 5.74) is 0. The highest BCUT2D eigenvalue weighted by molar-refractivity contribution is 6.35. The normalized spacial score (nSPS) is 10.2. The average molecular weight is 319 g/mol. The number of nitrogens with one attached hydrogen (secondary N) is 2. The van der Waals surface area contributed by atoms with Crippen LogP contribution < -0.4 is 15.4 Å². The fourth-order valence-corrected chi connectivity index (χ4v) is 1.70. The number of urea groups is 1. The number of halogens is 2. The molecule has 1 rings (SSSR count). The predicted molar refractivity (Wildman–Crippen MR) is 78.3 cm³/mol. The molecule has 1 aromatic carbocycles. The Morgan fingerprint density at radius 1 is 1.30 bits per heavy atom. The zero-order valence-corrected chi connectivity index (χ0v) is 12.7. The van der Waals surface area contributed by atoms with Crippen LogP contribution in [-0.4, -0.2) is 25.1 Å². The van der Waals surface area contributed by atoms with Crippen LogP contribution in [0.5, 0.6) is 5.75 Å². The van der Waals surface area contributed by atoms with Gasteiger partial charge < -0.3 is 10.1 Å². The van der Waals surface area contributed by atoms with Gasteiger partial charge in [0.05, 0.1) is 5.02 Å². The number of carbonyl (C=O) groups excluding carboxylic acids is 2. The third kappa shape index (κ3) is 6.12. The number of benzene rings is 1. The Balaban J connectivity index is 2.38. The van der Waals surface area contributed by atoms with E-state index in [2.05, 4.69) is 10.6 Å². The van der Waals surface area contributed by atoms with Gasteiger partial charge in [0.25, 0.3) is 5.91 Å². The number of hydrogen-bond donors (Lipinski definition) is 2. The fraction of sp³-hybridized carbons (Fsp3) is 0.385. The van der Waals surface area contributed by atoms with E-state index in [1.165, 1.54) is 6.07 Å². The van der Waals surface area contributed by atoms with Gasteiger partial charge in [-0.1, -0.05) is 37.0 Å². The lowest BCUT2D eigenvalue weighted by atomic mass is 10.2. The van der Waals surface area contributed by atoms with Crippen LogP contribution in [0.4, 0.5) is 4.79 Å². The Bertz CT molecular complexity index is 493. The minimum absolute atomic E-state index is 0.301. The van der Waals surface area contributed by atoms with Gasteiger partial charge >= 0.3 is 6.03 Å². The molecule has 7 heteroatoms.